The van der Waals surface area contributed by atoms with Crippen molar-refractivity contribution in [2.24, 2.45) is 0 Å². The second-order valence-corrected chi connectivity index (χ2v) is 11.7. The maximum Gasteiger partial charge on any atom is 0.240 e. The van der Waals surface area contributed by atoms with E-state index in [9.17, 15) is 18.5 Å². The average molecular weight is 583 g/mol. The van der Waals surface area contributed by atoms with Crippen LogP contribution in [0, 0.1) is 25.2 Å². The average Bonchev–Trinajstić information content (AvgIpc) is 2.92. The number of morpholine rings is 1. The lowest BCUT2D eigenvalue weighted by atomic mass is 10.1. The Morgan fingerprint density at radius 1 is 1.07 bits per heavy atom. The van der Waals surface area contributed by atoms with Crippen molar-refractivity contribution in [3.05, 3.63) is 81.9 Å². The summed E-state index contributed by atoms with van der Waals surface area (Å²) in [5.41, 5.74) is 3.12. The number of carbonyl (C=O) groups is 1. The third-order valence-corrected chi connectivity index (χ3v) is 8.13. The monoisotopic (exact) mass is 582 g/mol. The third-order valence-electron chi connectivity index (χ3n) is 6.45. The predicted octanol–water partition coefficient (Wildman–Crippen LogP) is 4.41. The number of halogens is 1. The van der Waals surface area contributed by atoms with Crippen LogP contribution in [-0.2, 0) is 26.0 Å². The number of hydrogen-bond acceptors (Lipinski definition) is 7. The van der Waals surface area contributed by atoms with E-state index in [1.165, 1.54) is 6.07 Å². The first kappa shape index (κ1) is 29.5. The molecule has 4 rings (SSSR count). The first-order valence-electron chi connectivity index (χ1n) is 12.8. The van der Waals surface area contributed by atoms with Gasteiger partial charge in [0.25, 0.3) is 0 Å². The Bertz CT molecular complexity index is 1530. The normalized spacial score (nSPS) is 13.9. The molecule has 40 heavy (non-hydrogen) atoms. The Labute approximate surface area is 239 Å². The molecule has 9 nitrogen and oxygen atoms in total. The van der Waals surface area contributed by atoms with E-state index in [1.54, 1.807) is 43.3 Å². The van der Waals surface area contributed by atoms with Gasteiger partial charge in [-0.3, -0.25) is 9.69 Å². The van der Waals surface area contributed by atoms with E-state index in [-0.39, 0.29) is 17.2 Å². The molecule has 1 aliphatic rings. The summed E-state index contributed by atoms with van der Waals surface area (Å²) < 4.78 is 39.5. The molecule has 1 aliphatic heterocycles. The van der Waals surface area contributed by atoms with Crippen molar-refractivity contribution in [2.45, 2.75) is 25.2 Å². The summed E-state index contributed by atoms with van der Waals surface area (Å²) in [7, 11) is -3.68. The van der Waals surface area contributed by atoms with Crippen molar-refractivity contribution in [3.63, 3.8) is 0 Å². The first-order chi connectivity index (χ1) is 19.1. The van der Waals surface area contributed by atoms with Crippen LogP contribution >= 0.6 is 11.6 Å². The zero-order valence-corrected chi connectivity index (χ0v) is 23.9. The minimum Gasteiger partial charge on any atom is -0.457 e. The number of nitrogens with zero attached hydrogens (tertiary/aromatic N) is 2. The van der Waals surface area contributed by atoms with Crippen LogP contribution in [0.5, 0.6) is 11.5 Å². The SMILES string of the molecule is Cc1cc(S(=O)(=O)NCCN2CCOCC2)ccc1NC(=O)Cc1ccc(C)c(Oc2cc(Cl)cc(C#N)c2)c1. The van der Waals surface area contributed by atoms with Crippen molar-refractivity contribution in [1.29, 1.82) is 5.26 Å². The molecule has 3 aromatic rings. The van der Waals surface area contributed by atoms with Gasteiger partial charge in [0.05, 0.1) is 36.2 Å². The van der Waals surface area contributed by atoms with Gasteiger partial charge in [-0.1, -0.05) is 23.7 Å². The number of rotatable bonds is 10. The highest BCUT2D eigenvalue weighted by Gasteiger charge is 2.17. The topological polar surface area (TPSA) is 121 Å². The maximum atomic E-state index is 12.8. The van der Waals surface area contributed by atoms with Crippen molar-refractivity contribution in [2.75, 3.05) is 44.7 Å². The van der Waals surface area contributed by atoms with Crippen LogP contribution in [0.3, 0.4) is 0 Å². The van der Waals surface area contributed by atoms with Crippen molar-refractivity contribution < 1.29 is 22.7 Å². The standard InChI is InChI=1S/C29H31ClN4O5S/c1-20-3-4-22(16-28(20)39-25-15-23(19-31)14-24(30)18-25)17-29(35)33-27-6-5-26(13-21(27)2)40(36,37)32-7-8-34-9-11-38-12-10-34/h3-6,13-16,18,32H,7-12,17H2,1-2H3,(H,33,35). The Morgan fingerprint density at radius 3 is 2.58 bits per heavy atom. The molecule has 0 aromatic heterocycles. The molecule has 1 amide bonds. The number of hydrogen-bond donors (Lipinski definition) is 2. The maximum absolute atomic E-state index is 12.8. The highest BCUT2D eigenvalue weighted by molar-refractivity contribution is 7.89. The van der Waals surface area contributed by atoms with Crippen molar-refractivity contribution >= 4 is 33.2 Å². The van der Waals surface area contributed by atoms with Gasteiger partial charge in [-0.05, 0) is 73.0 Å². The number of nitriles is 1. The second kappa shape index (κ2) is 13.3. The van der Waals surface area contributed by atoms with Crippen LogP contribution in [0.15, 0.2) is 59.5 Å². The van der Waals surface area contributed by atoms with Gasteiger partial charge in [0.15, 0.2) is 0 Å². The Hall–Kier alpha value is -3.46. The van der Waals surface area contributed by atoms with Crippen molar-refractivity contribution in [3.8, 4) is 17.6 Å². The van der Waals surface area contributed by atoms with Gasteiger partial charge in [-0.15, -0.1) is 0 Å². The summed E-state index contributed by atoms with van der Waals surface area (Å²) in [6.45, 7) is 7.44. The van der Waals surface area contributed by atoms with Crippen molar-refractivity contribution in [1.82, 2.24) is 9.62 Å². The molecule has 2 N–H and O–H groups in total. The number of amides is 1. The minimum absolute atomic E-state index is 0.0816. The van der Waals surface area contributed by atoms with E-state index in [4.69, 9.17) is 21.1 Å². The van der Waals surface area contributed by atoms with E-state index >= 15 is 0 Å². The molecular formula is C29H31ClN4O5S. The molecule has 0 radical (unpaired) electrons. The number of carbonyl (C=O) groups excluding carboxylic acids is 1. The minimum atomic E-state index is -3.68. The third kappa shape index (κ3) is 8.03. The van der Waals surface area contributed by atoms with Crippen LogP contribution in [0.4, 0.5) is 5.69 Å². The summed E-state index contributed by atoms with van der Waals surface area (Å²) in [5, 5.41) is 12.4. The fraction of sp³-hybridized carbons (Fsp3) is 0.310. The number of aryl methyl sites for hydroxylation is 2. The highest BCUT2D eigenvalue weighted by Crippen LogP contribution is 2.29. The molecule has 0 aliphatic carbocycles. The lowest BCUT2D eigenvalue weighted by molar-refractivity contribution is -0.115. The van der Waals surface area contributed by atoms with E-state index in [0.29, 0.717) is 59.6 Å². The molecule has 1 fully saturated rings. The smallest absolute Gasteiger partial charge is 0.240 e. The lowest BCUT2D eigenvalue weighted by Crippen LogP contribution is -2.41. The lowest BCUT2D eigenvalue weighted by Gasteiger charge is -2.26. The number of nitrogens with one attached hydrogen (secondary N) is 2. The summed E-state index contributed by atoms with van der Waals surface area (Å²) in [6.07, 6.45) is 0.0816. The Morgan fingerprint density at radius 2 is 1.85 bits per heavy atom. The number of benzene rings is 3. The van der Waals surface area contributed by atoms with Gasteiger partial charge in [0.1, 0.15) is 11.5 Å². The summed E-state index contributed by atoms with van der Waals surface area (Å²) in [6, 6.07) is 16.9. The van der Waals surface area contributed by atoms with Gasteiger partial charge in [0.2, 0.25) is 15.9 Å². The van der Waals surface area contributed by atoms with Crippen LogP contribution < -0.4 is 14.8 Å². The molecule has 1 heterocycles. The fourth-order valence-corrected chi connectivity index (χ4v) is 5.58. The largest absolute Gasteiger partial charge is 0.457 e. The molecule has 1 saturated heterocycles. The van der Waals surface area contributed by atoms with Crippen LogP contribution in [0.25, 0.3) is 0 Å². The number of sulfonamides is 1. The van der Waals surface area contributed by atoms with Gasteiger partial charge in [-0.25, -0.2) is 13.1 Å². The molecule has 11 heteroatoms. The Kier molecular flexibility index (Phi) is 9.79. The fourth-order valence-electron chi connectivity index (χ4n) is 4.25. The molecule has 210 valence electrons. The Balaban J connectivity index is 1.37. The molecular weight excluding hydrogens is 552 g/mol. The summed E-state index contributed by atoms with van der Waals surface area (Å²) >= 11 is 6.08. The number of anilines is 1. The molecule has 0 atom stereocenters. The molecule has 3 aromatic carbocycles. The van der Waals surface area contributed by atoms with E-state index in [1.807, 2.05) is 25.1 Å². The zero-order valence-electron chi connectivity index (χ0n) is 22.4. The molecule has 0 unspecified atom stereocenters. The molecule has 0 saturated carbocycles. The van der Waals surface area contributed by atoms with Crippen LogP contribution in [0.2, 0.25) is 5.02 Å². The quantitative estimate of drug-likeness (QED) is 0.363. The predicted molar refractivity (Wildman–Crippen MR) is 153 cm³/mol. The van der Waals surface area contributed by atoms with E-state index in [2.05, 4.69) is 14.9 Å². The van der Waals surface area contributed by atoms with Gasteiger partial charge in [0, 0.05) is 36.9 Å². The van der Waals surface area contributed by atoms with Gasteiger partial charge < -0.3 is 14.8 Å². The zero-order chi connectivity index (χ0) is 28.7. The van der Waals surface area contributed by atoms with Gasteiger partial charge in [-0.2, -0.15) is 5.26 Å². The van der Waals surface area contributed by atoms with E-state index < -0.39 is 10.0 Å². The second-order valence-electron chi connectivity index (χ2n) is 9.54. The highest BCUT2D eigenvalue weighted by atomic mass is 35.5. The number of ether oxygens (including phenoxy) is 2. The first-order valence-corrected chi connectivity index (χ1v) is 14.7. The van der Waals surface area contributed by atoms with E-state index in [0.717, 1.165) is 24.2 Å². The summed E-state index contributed by atoms with van der Waals surface area (Å²) in [4.78, 5) is 15.1. The van der Waals surface area contributed by atoms with Gasteiger partial charge >= 0.3 is 0 Å². The molecule has 0 bridgehead atoms. The van der Waals surface area contributed by atoms with Crippen LogP contribution in [-0.4, -0.2) is 58.6 Å². The molecule has 0 spiro atoms. The summed E-state index contributed by atoms with van der Waals surface area (Å²) in [5.74, 6) is 0.713. The van der Waals surface area contributed by atoms with Crippen LogP contribution in [0.1, 0.15) is 22.3 Å².